The van der Waals surface area contributed by atoms with Gasteiger partial charge in [0.15, 0.2) is 5.65 Å². The molecule has 0 saturated heterocycles. The van der Waals surface area contributed by atoms with Crippen molar-refractivity contribution >= 4 is 16.9 Å². The second-order valence-electron chi connectivity index (χ2n) is 7.17. The highest BCUT2D eigenvalue weighted by Gasteiger charge is 2.34. The maximum Gasteiger partial charge on any atom is 0.417 e. The van der Waals surface area contributed by atoms with Crippen LogP contribution in [-0.4, -0.2) is 31.8 Å². The Bertz CT molecular complexity index is 1380. The number of amides is 1. The number of benzene rings is 2. The number of nitrogens with zero attached hydrogens (tertiary/aromatic N) is 4. The van der Waals surface area contributed by atoms with Crippen molar-refractivity contribution in [3.8, 4) is 0 Å². The molecular weight excluding hydrogens is 442 g/mol. The van der Waals surface area contributed by atoms with Gasteiger partial charge in [0, 0.05) is 12.1 Å². The topological polar surface area (TPSA) is 81.8 Å². The van der Waals surface area contributed by atoms with Gasteiger partial charge < -0.3 is 5.32 Å². The minimum absolute atomic E-state index is 0.00566. The number of nitrogens with one attached hydrogen (secondary N) is 1. The maximum atomic E-state index is 13.9. The van der Waals surface area contributed by atoms with Crippen LogP contribution in [0.25, 0.3) is 11.0 Å². The van der Waals surface area contributed by atoms with Gasteiger partial charge in [-0.1, -0.05) is 30.3 Å². The summed E-state index contributed by atoms with van der Waals surface area (Å²) in [6, 6.07) is 10.6. The van der Waals surface area contributed by atoms with Gasteiger partial charge in [-0.2, -0.15) is 18.3 Å². The van der Waals surface area contributed by atoms with Gasteiger partial charge in [0.1, 0.15) is 17.5 Å². The second kappa shape index (κ2) is 8.85. The highest BCUT2D eigenvalue weighted by atomic mass is 19.4. The van der Waals surface area contributed by atoms with Gasteiger partial charge in [0.25, 0.3) is 11.5 Å². The zero-order valence-corrected chi connectivity index (χ0v) is 17.0. The lowest BCUT2D eigenvalue weighted by molar-refractivity contribution is -0.137. The standard InChI is InChI=1S/C22H17F4N5O2/c23-18-8-4-1-5-14(18)12-30-13-28-19-16(21(30)33)11-29-31(19)10-9-27-20(32)15-6-2-3-7-17(15)22(24,25)26/h1-8,11,13H,9-10,12H2,(H,27,32). The maximum absolute atomic E-state index is 13.9. The molecule has 33 heavy (non-hydrogen) atoms. The van der Waals surface area contributed by atoms with E-state index >= 15 is 0 Å². The smallest absolute Gasteiger partial charge is 0.350 e. The molecule has 0 fully saturated rings. The molecule has 0 atom stereocenters. The summed E-state index contributed by atoms with van der Waals surface area (Å²) in [6.07, 6.45) is -2.07. The Labute approximate surface area is 184 Å². The van der Waals surface area contributed by atoms with Gasteiger partial charge >= 0.3 is 6.18 Å². The van der Waals surface area contributed by atoms with Crippen LogP contribution in [0, 0.1) is 5.82 Å². The van der Waals surface area contributed by atoms with Gasteiger partial charge in [0.2, 0.25) is 0 Å². The summed E-state index contributed by atoms with van der Waals surface area (Å²) < 4.78 is 55.8. The molecule has 0 radical (unpaired) electrons. The first-order valence-corrected chi connectivity index (χ1v) is 9.84. The average Bonchev–Trinajstić information content (AvgIpc) is 3.20. The molecule has 1 amide bonds. The van der Waals surface area contributed by atoms with Gasteiger partial charge in [0.05, 0.1) is 30.4 Å². The Kier molecular flexibility index (Phi) is 5.95. The predicted octanol–water partition coefficient (Wildman–Crippen LogP) is 3.23. The van der Waals surface area contributed by atoms with Crippen molar-refractivity contribution < 1.29 is 22.4 Å². The lowest BCUT2D eigenvalue weighted by Crippen LogP contribution is -2.29. The Balaban J connectivity index is 1.47. The third-order valence-corrected chi connectivity index (χ3v) is 5.01. The first kappa shape index (κ1) is 22.2. The first-order chi connectivity index (χ1) is 15.8. The van der Waals surface area contributed by atoms with E-state index in [2.05, 4.69) is 15.4 Å². The van der Waals surface area contributed by atoms with E-state index < -0.39 is 34.6 Å². The van der Waals surface area contributed by atoms with E-state index in [0.717, 1.165) is 12.1 Å². The third-order valence-electron chi connectivity index (χ3n) is 5.01. The highest BCUT2D eigenvalue weighted by Crippen LogP contribution is 2.31. The molecule has 2 aromatic carbocycles. The van der Waals surface area contributed by atoms with E-state index in [1.807, 2.05) is 0 Å². The Morgan fingerprint density at radius 1 is 1.06 bits per heavy atom. The summed E-state index contributed by atoms with van der Waals surface area (Å²) >= 11 is 0. The van der Waals surface area contributed by atoms with Crippen molar-refractivity contribution in [2.24, 2.45) is 0 Å². The number of rotatable bonds is 6. The predicted molar refractivity (Wildman–Crippen MR) is 111 cm³/mol. The molecule has 0 aliphatic carbocycles. The van der Waals surface area contributed by atoms with Gasteiger partial charge in [-0.05, 0) is 18.2 Å². The van der Waals surface area contributed by atoms with Crippen LogP contribution in [0.15, 0.2) is 65.8 Å². The van der Waals surface area contributed by atoms with Gasteiger partial charge in [-0.25, -0.2) is 14.1 Å². The van der Waals surface area contributed by atoms with E-state index in [0.29, 0.717) is 5.56 Å². The lowest BCUT2D eigenvalue weighted by Gasteiger charge is -2.12. The second-order valence-corrected chi connectivity index (χ2v) is 7.17. The number of fused-ring (bicyclic) bond motifs is 1. The summed E-state index contributed by atoms with van der Waals surface area (Å²) in [7, 11) is 0. The van der Waals surface area contributed by atoms with Crippen LogP contribution in [0.5, 0.6) is 0 Å². The van der Waals surface area contributed by atoms with E-state index in [4.69, 9.17) is 0 Å². The largest absolute Gasteiger partial charge is 0.417 e. The molecule has 7 nitrogen and oxygen atoms in total. The fraction of sp³-hybridized carbons (Fsp3) is 0.182. The minimum atomic E-state index is -4.65. The van der Waals surface area contributed by atoms with Crippen molar-refractivity contribution in [2.75, 3.05) is 6.54 Å². The number of alkyl halides is 3. The highest BCUT2D eigenvalue weighted by molar-refractivity contribution is 5.95. The molecule has 4 aromatic rings. The molecular formula is C22H17F4N5O2. The number of hydrogen-bond donors (Lipinski definition) is 1. The fourth-order valence-electron chi connectivity index (χ4n) is 3.38. The van der Waals surface area contributed by atoms with Crippen LogP contribution in [0.1, 0.15) is 21.5 Å². The Morgan fingerprint density at radius 2 is 1.79 bits per heavy atom. The third kappa shape index (κ3) is 4.61. The molecule has 0 saturated carbocycles. The van der Waals surface area contributed by atoms with E-state index in [-0.39, 0.29) is 30.7 Å². The number of carbonyl (C=O) groups excluding carboxylic acids is 1. The Hall–Kier alpha value is -4.02. The number of carbonyl (C=O) groups is 1. The van der Waals surface area contributed by atoms with Crippen LogP contribution in [0.4, 0.5) is 17.6 Å². The zero-order chi connectivity index (χ0) is 23.6. The van der Waals surface area contributed by atoms with Crippen molar-refractivity contribution in [1.29, 1.82) is 0 Å². The number of aromatic nitrogens is 4. The van der Waals surface area contributed by atoms with Crippen molar-refractivity contribution in [3.05, 3.63) is 93.9 Å². The van der Waals surface area contributed by atoms with E-state index in [1.165, 1.54) is 40.0 Å². The normalized spacial score (nSPS) is 11.6. The quantitative estimate of drug-likeness (QED) is 0.449. The molecule has 2 heterocycles. The van der Waals surface area contributed by atoms with Crippen LogP contribution >= 0.6 is 0 Å². The van der Waals surface area contributed by atoms with Crippen LogP contribution in [0.3, 0.4) is 0 Å². The molecule has 2 aromatic heterocycles. The summed E-state index contributed by atoms with van der Waals surface area (Å²) in [5.74, 6) is -1.32. The van der Waals surface area contributed by atoms with Gasteiger partial charge in [-0.15, -0.1) is 0 Å². The average molecular weight is 459 g/mol. The number of halogens is 4. The van der Waals surface area contributed by atoms with Crippen LogP contribution in [0.2, 0.25) is 0 Å². The fourth-order valence-corrected chi connectivity index (χ4v) is 3.38. The van der Waals surface area contributed by atoms with Crippen molar-refractivity contribution in [2.45, 2.75) is 19.3 Å². The molecule has 0 aliphatic rings. The Morgan fingerprint density at radius 3 is 2.55 bits per heavy atom. The van der Waals surface area contributed by atoms with Gasteiger partial charge in [-0.3, -0.25) is 14.2 Å². The molecule has 170 valence electrons. The summed E-state index contributed by atoms with van der Waals surface area (Å²) in [5, 5.41) is 6.71. The molecule has 0 unspecified atom stereocenters. The summed E-state index contributed by atoms with van der Waals surface area (Å²) in [5.41, 5.74) is -1.35. The summed E-state index contributed by atoms with van der Waals surface area (Å²) in [6.45, 7) is 0.0310. The SMILES string of the molecule is O=C(NCCn1ncc2c(=O)n(Cc3ccccc3F)cnc21)c1ccccc1C(F)(F)F. The zero-order valence-electron chi connectivity index (χ0n) is 17.0. The van der Waals surface area contributed by atoms with Crippen molar-refractivity contribution in [1.82, 2.24) is 24.6 Å². The molecule has 1 N–H and O–H groups in total. The van der Waals surface area contributed by atoms with E-state index in [9.17, 15) is 27.2 Å². The van der Waals surface area contributed by atoms with E-state index in [1.54, 1.807) is 18.2 Å². The lowest BCUT2D eigenvalue weighted by atomic mass is 10.1. The number of hydrogen-bond acceptors (Lipinski definition) is 4. The monoisotopic (exact) mass is 459 g/mol. The molecule has 11 heteroatoms. The molecule has 0 bridgehead atoms. The minimum Gasteiger partial charge on any atom is -0.350 e. The van der Waals surface area contributed by atoms with Crippen LogP contribution in [-0.2, 0) is 19.3 Å². The molecule has 0 spiro atoms. The molecule has 4 rings (SSSR count). The molecule has 0 aliphatic heterocycles. The summed E-state index contributed by atoms with van der Waals surface area (Å²) in [4.78, 5) is 29.2. The first-order valence-electron chi connectivity index (χ1n) is 9.84. The van der Waals surface area contributed by atoms with Crippen LogP contribution < -0.4 is 10.9 Å². The van der Waals surface area contributed by atoms with Crippen molar-refractivity contribution in [3.63, 3.8) is 0 Å².